The van der Waals surface area contributed by atoms with E-state index in [4.69, 9.17) is 19.9 Å². The molecule has 0 bridgehead atoms. The zero-order valence-electron chi connectivity index (χ0n) is 15.5. The Morgan fingerprint density at radius 3 is 2.14 bits per heavy atom. The van der Waals surface area contributed by atoms with Gasteiger partial charge in [-0.2, -0.15) is 5.10 Å². The Kier molecular flexibility index (Phi) is 4.99. The fourth-order valence-electron chi connectivity index (χ4n) is 2.81. The minimum atomic E-state index is -0.717. The first-order valence-corrected chi connectivity index (χ1v) is 8.12. The second kappa shape index (κ2) is 7.39. The van der Waals surface area contributed by atoms with Crippen LogP contribution in [0.1, 0.15) is 10.5 Å². The molecule has 0 aliphatic heterocycles. The molecule has 3 rings (SSSR count). The Morgan fingerprint density at radius 2 is 1.64 bits per heavy atom. The Morgan fingerprint density at radius 1 is 1.00 bits per heavy atom. The number of benzene rings is 2. The molecule has 28 heavy (non-hydrogen) atoms. The van der Waals surface area contributed by atoms with Crippen molar-refractivity contribution in [1.82, 2.24) is 9.78 Å². The van der Waals surface area contributed by atoms with Crippen molar-refractivity contribution in [3.05, 3.63) is 42.1 Å². The standard InChI is InChI=1S/C19H19N3O6/c1-26-16-6-10(7-17(27-2)18(16)28-3)22-14(19(20)25)9-13(21-22)12-5-4-11(23)8-15(12)24/h4-9,23-24H,1-3H3,(H2,20,25). The van der Waals surface area contributed by atoms with E-state index in [-0.39, 0.29) is 17.2 Å². The predicted octanol–water partition coefficient (Wildman–Crippen LogP) is 2.08. The van der Waals surface area contributed by atoms with E-state index < -0.39 is 5.91 Å². The molecule has 9 nitrogen and oxygen atoms in total. The first-order chi connectivity index (χ1) is 13.4. The van der Waals surface area contributed by atoms with Gasteiger partial charge in [-0.3, -0.25) is 4.79 Å². The second-order valence-corrected chi connectivity index (χ2v) is 5.78. The van der Waals surface area contributed by atoms with Crippen LogP contribution in [-0.2, 0) is 0 Å². The molecule has 1 heterocycles. The lowest BCUT2D eigenvalue weighted by atomic mass is 10.1. The smallest absolute Gasteiger partial charge is 0.267 e. The van der Waals surface area contributed by atoms with E-state index in [1.165, 1.54) is 50.3 Å². The Balaban J connectivity index is 2.22. The van der Waals surface area contributed by atoms with Crippen molar-refractivity contribution < 1.29 is 29.2 Å². The first-order valence-electron chi connectivity index (χ1n) is 8.12. The van der Waals surface area contributed by atoms with Gasteiger partial charge in [0.1, 0.15) is 17.2 Å². The van der Waals surface area contributed by atoms with Crippen LogP contribution >= 0.6 is 0 Å². The van der Waals surface area contributed by atoms with E-state index in [9.17, 15) is 15.0 Å². The summed E-state index contributed by atoms with van der Waals surface area (Å²) in [6, 6.07) is 8.73. The molecule has 1 amide bonds. The van der Waals surface area contributed by atoms with Gasteiger partial charge in [-0.25, -0.2) is 4.68 Å². The average Bonchev–Trinajstić information content (AvgIpc) is 3.12. The summed E-state index contributed by atoms with van der Waals surface area (Å²) >= 11 is 0. The number of rotatable bonds is 6. The van der Waals surface area contributed by atoms with E-state index in [0.717, 1.165) is 0 Å². The largest absolute Gasteiger partial charge is 0.508 e. The number of carbonyl (C=O) groups excluding carboxylic acids is 1. The number of aromatic hydroxyl groups is 2. The van der Waals surface area contributed by atoms with Gasteiger partial charge in [0.2, 0.25) is 5.75 Å². The summed E-state index contributed by atoms with van der Waals surface area (Å²) in [5.74, 6) is 0.128. The van der Waals surface area contributed by atoms with E-state index >= 15 is 0 Å². The van der Waals surface area contributed by atoms with Gasteiger partial charge in [0.25, 0.3) is 5.91 Å². The maximum atomic E-state index is 12.0. The van der Waals surface area contributed by atoms with Gasteiger partial charge in [0.15, 0.2) is 11.5 Å². The molecule has 3 aromatic rings. The van der Waals surface area contributed by atoms with Crippen LogP contribution in [0.5, 0.6) is 28.7 Å². The zero-order chi connectivity index (χ0) is 20.4. The SMILES string of the molecule is COc1cc(-n2nc(-c3ccc(O)cc3O)cc2C(N)=O)cc(OC)c1OC. The number of aromatic nitrogens is 2. The molecule has 0 saturated heterocycles. The molecular formula is C19H19N3O6. The molecule has 0 fully saturated rings. The third kappa shape index (κ3) is 3.25. The van der Waals surface area contributed by atoms with Crippen molar-refractivity contribution in [2.75, 3.05) is 21.3 Å². The number of phenols is 2. The molecule has 0 aliphatic carbocycles. The van der Waals surface area contributed by atoms with Crippen molar-refractivity contribution in [2.45, 2.75) is 0 Å². The summed E-state index contributed by atoms with van der Waals surface area (Å²) < 4.78 is 17.3. The monoisotopic (exact) mass is 385 g/mol. The number of nitrogens with zero attached hydrogens (tertiary/aromatic N) is 2. The normalized spacial score (nSPS) is 10.5. The maximum Gasteiger partial charge on any atom is 0.267 e. The summed E-state index contributed by atoms with van der Waals surface area (Å²) in [6.07, 6.45) is 0. The van der Waals surface area contributed by atoms with Crippen LogP contribution in [0.15, 0.2) is 36.4 Å². The molecule has 0 spiro atoms. The number of primary amides is 1. The van der Waals surface area contributed by atoms with E-state index in [2.05, 4.69) is 5.10 Å². The lowest BCUT2D eigenvalue weighted by molar-refractivity contribution is 0.0993. The van der Waals surface area contributed by atoms with Crippen LogP contribution in [0, 0.1) is 0 Å². The number of hydrogen-bond acceptors (Lipinski definition) is 7. The summed E-state index contributed by atoms with van der Waals surface area (Å²) in [5, 5.41) is 24.0. The highest BCUT2D eigenvalue weighted by molar-refractivity contribution is 5.93. The number of carbonyl (C=O) groups is 1. The minimum absolute atomic E-state index is 0.0803. The van der Waals surface area contributed by atoms with Crippen molar-refractivity contribution in [3.63, 3.8) is 0 Å². The third-order valence-electron chi connectivity index (χ3n) is 4.11. The third-order valence-corrected chi connectivity index (χ3v) is 4.11. The molecule has 4 N–H and O–H groups in total. The number of amides is 1. The second-order valence-electron chi connectivity index (χ2n) is 5.78. The van der Waals surface area contributed by atoms with Crippen LogP contribution in [0.2, 0.25) is 0 Å². The van der Waals surface area contributed by atoms with Crippen LogP contribution in [0.3, 0.4) is 0 Å². The summed E-state index contributed by atoms with van der Waals surface area (Å²) in [7, 11) is 4.42. The van der Waals surface area contributed by atoms with Gasteiger partial charge in [-0.1, -0.05) is 0 Å². The molecule has 0 aliphatic rings. The Bertz CT molecular complexity index is 1020. The molecule has 146 valence electrons. The summed E-state index contributed by atoms with van der Waals surface area (Å²) in [6.45, 7) is 0. The molecule has 2 aromatic carbocycles. The van der Waals surface area contributed by atoms with Crippen LogP contribution in [0.4, 0.5) is 0 Å². The van der Waals surface area contributed by atoms with Gasteiger partial charge < -0.3 is 30.2 Å². The van der Waals surface area contributed by atoms with Crippen LogP contribution in [0.25, 0.3) is 16.9 Å². The number of hydrogen-bond donors (Lipinski definition) is 3. The first kappa shape index (κ1) is 18.9. The number of methoxy groups -OCH3 is 3. The molecule has 0 saturated carbocycles. The number of ether oxygens (including phenoxy) is 3. The summed E-state index contributed by atoms with van der Waals surface area (Å²) in [4.78, 5) is 12.0. The average molecular weight is 385 g/mol. The van der Waals surface area contributed by atoms with Crippen LogP contribution in [-0.4, -0.2) is 47.2 Å². The predicted molar refractivity (Wildman–Crippen MR) is 101 cm³/mol. The van der Waals surface area contributed by atoms with Gasteiger partial charge in [0.05, 0.1) is 32.7 Å². The number of phenolic OH excluding ortho intramolecular Hbond substituents is 2. The minimum Gasteiger partial charge on any atom is -0.508 e. The fraction of sp³-hybridized carbons (Fsp3) is 0.158. The topological polar surface area (TPSA) is 129 Å². The quantitative estimate of drug-likeness (QED) is 0.592. The lowest BCUT2D eigenvalue weighted by Gasteiger charge is -2.14. The summed E-state index contributed by atoms with van der Waals surface area (Å²) in [5.41, 5.74) is 6.65. The van der Waals surface area contributed by atoms with Crippen LogP contribution < -0.4 is 19.9 Å². The lowest BCUT2D eigenvalue weighted by Crippen LogP contribution is -2.16. The zero-order valence-corrected chi connectivity index (χ0v) is 15.5. The fourth-order valence-corrected chi connectivity index (χ4v) is 2.81. The highest BCUT2D eigenvalue weighted by Gasteiger charge is 2.21. The van der Waals surface area contributed by atoms with Crippen molar-refractivity contribution in [1.29, 1.82) is 0 Å². The molecule has 0 unspecified atom stereocenters. The van der Waals surface area contributed by atoms with E-state index in [1.54, 1.807) is 12.1 Å². The van der Waals surface area contributed by atoms with Crippen molar-refractivity contribution >= 4 is 5.91 Å². The molecule has 0 atom stereocenters. The van der Waals surface area contributed by atoms with Gasteiger partial charge in [0, 0.05) is 23.8 Å². The van der Waals surface area contributed by atoms with E-state index in [0.29, 0.717) is 34.2 Å². The van der Waals surface area contributed by atoms with Gasteiger partial charge in [-0.15, -0.1) is 0 Å². The maximum absolute atomic E-state index is 12.0. The van der Waals surface area contributed by atoms with Crippen molar-refractivity contribution in [3.8, 4) is 45.7 Å². The molecule has 0 radical (unpaired) electrons. The molecule has 1 aromatic heterocycles. The highest BCUT2D eigenvalue weighted by Crippen LogP contribution is 2.40. The van der Waals surface area contributed by atoms with E-state index in [1.807, 2.05) is 0 Å². The highest BCUT2D eigenvalue weighted by atomic mass is 16.5. The molecule has 9 heteroatoms. The van der Waals surface area contributed by atoms with Gasteiger partial charge >= 0.3 is 0 Å². The van der Waals surface area contributed by atoms with Gasteiger partial charge in [-0.05, 0) is 18.2 Å². The molecular weight excluding hydrogens is 366 g/mol. The Hall–Kier alpha value is -3.88. The Labute approximate surface area is 160 Å². The van der Waals surface area contributed by atoms with Crippen molar-refractivity contribution in [2.24, 2.45) is 5.73 Å². The number of nitrogens with two attached hydrogens (primary N) is 1.